The third-order valence-electron chi connectivity index (χ3n) is 6.58. The largest absolute Gasteiger partial charge is 0.382 e. The number of halogens is 1. The second-order valence-electron chi connectivity index (χ2n) is 8.31. The molecule has 2 aliphatic rings. The highest BCUT2D eigenvalue weighted by Crippen LogP contribution is 2.51. The molecule has 1 aliphatic heterocycles. The molecule has 5 rings (SSSR count). The number of nitrogens with two attached hydrogens (primary N) is 2. The van der Waals surface area contributed by atoms with E-state index in [-0.39, 0.29) is 17.3 Å². The van der Waals surface area contributed by atoms with Crippen LogP contribution < -0.4 is 16.4 Å². The van der Waals surface area contributed by atoms with E-state index in [1.807, 2.05) is 0 Å². The number of piperidine rings is 1. The topological polar surface area (TPSA) is 118 Å². The van der Waals surface area contributed by atoms with Crippen molar-refractivity contribution in [2.45, 2.75) is 35.2 Å². The van der Waals surface area contributed by atoms with Gasteiger partial charge in [-0.15, -0.1) is 0 Å². The van der Waals surface area contributed by atoms with E-state index in [0.29, 0.717) is 21.6 Å². The molecule has 1 atom stereocenters. The van der Waals surface area contributed by atoms with Crippen molar-refractivity contribution in [3.05, 3.63) is 64.6 Å². The van der Waals surface area contributed by atoms with Crippen molar-refractivity contribution in [2.24, 2.45) is 11.1 Å². The first-order valence-corrected chi connectivity index (χ1v) is 11.6. The summed E-state index contributed by atoms with van der Waals surface area (Å²) in [6, 6.07) is 12.5. The van der Waals surface area contributed by atoms with Crippen LogP contribution in [0.15, 0.2) is 52.6 Å². The van der Waals surface area contributed by atoms with Gasteiger partial charge >= 0.3 is 0 Å². The Morgan fingerprint density at radius 2 is 1.97 bits per heavy atom. The van der Waals surface area contributed by atoms with Crippen molar-refractivity contribution in [3.8, 4) is 6.07 Å². The highest BCUT2D eigenvalue weighted by Gasteiger charge is 2.46. The Hall–Kier alpha value is -2.86. The van der Waals surface area contributed by atoms with E-state index in [1.165, 1.54) is 22.9 Å². The molecule has 7 nitrogen and oxygen atoms in total. The van der Waals surface area contributed by atoms with Crippen LogP contribution in [0.3, 0.4) is 0 Å². The average Bonchev–Trinajstić information content (AvgIpc) is 3.09. The number of nitrogen functional groups attached to an aromatic ring is 1. The van der Waals surface area contributed by atoms with E-state index in [9.17, 15) is 5.26 Å². The molecule has 1 saturated heterocycles. The minimum Gasteiger partial charge on any atom is -0.382 e. The van der Waals surface area contributed by atoms with Crippen molar-refractivity contribution in [1.82, 2.24) is 15.0 Å². The average molecular weight is 464 g/mol. The Bertz CT molecular complexity index is 1220. The first-order valence-electron chi connectivity index (χ1n) is 10.4. The van der Waals surface area contributed by atoms with Crippen LogP contribution in [0.1, 0.15) is 35.7 Å². The molecule has 3 aromatic rings. The Kier molecular flexibility index (Phi) is 5.41. The summed E-state index contributed by atoms with van der Waals surface area (Å²) >= 11 is 7.54. The first-order chi connectivity index (χ1) is 15.5. The molecule has 4 N–H and O–H groups in total. The minimum absolute atomic E-state index is 0.0543. The number of pyridine rings is 1. The van der Waals surface area contributed by atoms with Gasteiger partial charge in [-0.3, -0.25) is 0 Å². The smallest absolute Gasteiger partial charge is 0.184 e. The summed E-state index contributed by atoms with van der Waals surface area (Å²) in [6.07, 6.45) is 6.19. The van der Waals surface area contributed by atoms with Gasteiger partial charge in [0.15, 0.2) is 11.5 Å². The van der Waals surface area contributed by atoms with Gasteiger partial charge in [-0.2, -0.15) is 5.26 Å². The summed E-state index contributed by atoms with van der Waals surface area (Å²) in [7, 11) is 0. The van der Waals surface area contributed by atoms with Gasteiger partial charge in [0, 0.05) is 30.2 Å². The summed E-state index contributed by atoms with van der Waals surface area (Å²) in [5.41, 5.74) is 15.5. The second-order valence-corrected chi connectivity index (χ2v) is 9.75. The van der Waals surface area contributed by atoms with Gasteiger partial charge < -0.3 is 16.4 Å². The van der Waals surface area contributed by atoms with Gasteiger partial charge in [0.1, 0.15) is 16.9 Å². The third-order valence-corrected chi connectivity index (χ3v) is 8.06. The fraction of sp³-hybridized carbons (Fsp3) is 0.304. The Morgan fingerprint density at radius 3 is 2.72 bits per heavy atom. The maximum atomic E-state index is 9.74. The molecule has 0 amide bonds. The number of aromatic nitrogens is 3. The maximum absolute atomic E-state index is 9.74. The number of nitriles is 1. The van der Waals surface area contributed by atoms with Crippen molar-refractivity contribution < 1.29 is 0 Å². The van der Waals surface area contributed by atoms with Crippen LogP contribution in [-0.2, 0) is 6.42 Å². The monoisotopic (exact) mass is 463 g/mol. The van der Waals surface area contributed by atoms with E-state index < -0.39 is 0 Å². The molecule has 32 heavy (non-hydrogen) atoms. The number of anilines is 2. The molecule has 3 heterocycles. The molecular weight excluding hydrogens is 442 g/mol. The summed E-state index contributed by atoms with van der Waals surface area (Å²) in [5.74, 6) is 0.882. The first kappa shape index (κ1) is 21.0. The molecular formula is C23H22ClN7S. The fourth-order valence-electron chi connectivity index (χ4n) is 4.82. The lowest BCUT2D eigenvalue weighted by Gasteiger charge is -2.42. The summed E-state index contributed by atoms with van der Waals surface area (Å²) in [4.78, 5) is 16.0. The Balaban J connectivity index is 1.33. The molecule has 1 spiro atoms. The van der Waals surface area contributed by atoms with Crippen LogP contribution in [-0.4, -0.2) is 28.0 Å². The summed E-state index contributed by atoms with van der Waals surface area (Å²) in [6.45, 7) is 1.59. The molecule has 1 aliphatic carbocycles. The molecule has 0 bridgehead atoms. The minimum atomic E-state index is 0.0543. The van der Waals surface area contributed by atoms with Gasteiger partial charge in [0.2, 0.25) is 0 Å². The molecule has 1 aromatic carbocycles. The Morgan fingerprint density at radius 1 is 1.19 bits per heavy atom. The number of hydrogen-bond donors (Lipinski definition) is 2. The van der Waals surface area contributed by atoms with Gasteiger partial charge in [0.05, 0.1) is 11.2 Å². The number of hydrogen-bond acceptors (Lipinski definition) is 8. The zero-order valence-corrected chi connectivity index (χ0v) is 18.9. The van der Waals surface area contributed by atoms with Gasteiger partial charge in [-0.05, 0) is 41.9 Å². The standard InChI is InChI=1S/C23H22ClN7S/c24-19-17(5-8-28-21(19)27)32-18-13-29-22(16(12-25)30-18)31-9-6-23(7-10-31)11-14-3-1-2-4-15(14)20(23)26/h1-5,8,13,20H,6-7,9-11,26H2,(H2,27,28). The van der Waals surface area contributed by atoms with E-state index >= 15 is 0 Å². The zero-order valence-electron chi connectivity index (χ0n) is 17.3. The molecule has 0 saturated carbocycles. The van der Waals surface area contributed by atoms with Crippen molar-refractivity contribution in [2.75, 3.05) is 23.7 Å². The second kappa shape index (κ2) is 8.24. The lowest BCUT2D eigenvalue weighted by molar-refractivity contribution is 0.187. The van der Waals surface area contributed by atoms with E-state index in [1.54, 1.807) is 18.5 Å². The van der Waals surface area contributed by atoms with E-state index in [0.717, 1.165) is 37.2 Å². The number of fused-ring (bicyclic) bond motifs is 1. The van der Waals surface area contributed by atoms with Gasteiger partial charge in [-0.25, -0.2) is 15.0 Å². The highest BCUT2D eigenvalue weighted by atomic mass is 35.5. The Labute approximate surface area is 195 Å². The van der Waals surface area contributed by atoms with Gasteiger partial charge in [0.25, 0.3) is 0 Å². The number of rotatable bonds is 3. The fourth-order valence-corrected chi connectivity index (χ4v) is 5.84. The van der Waals surface area contributed by atoms with Crippen LogP contribution in [0.2, 0.25) is 5.02 Å². The number of nitrogens with zero attached hydrogens (tertiary/aromatic N) is 5. The van der Waals surface area contributed by atoms with Crippen LogP contribution in [0.5, 0.6) is 0 Å². The van der Waals surface area contributed by atoms with Crippen molar-refractivity contribution >= 4 is 35.0 Å². The zero-order chi connectivity index (χ0) is 22.3. The lowest BCUT2D eigenvalue weighted by atomic mass is 9.73. The van der Waals surface area contributed by atoms with E-state index in [4.69, 9.17) is 23.1 Å². The van der Waals surface area contributed by atoms with Gasteiger partial charge in [-0.1, -0.05) is 47.6 Å². The molecule has 9 heteroatoms. The van der Waals surface area contributed by atoms with Crippen LogP contribution >= 0.6 is 23.4 Å². The maximum Gasteiger partial charge on any atom is 0.184 e. The van der Waals surface area contributed by atoms with E-state index in [2.05, 4.69) is 50.2 Å². The predicted molar refractivity (Wildman–Crippen MR) is 125 cm³/mol. The van der Waals surface area contributed by atoms with Crippen molar-refractivity contribution in [3.63, 3.8) is 0 Å². The number of benzene rings is 1. The van der Waals surface area contributed by atoms with Crippen LogP contribution in [0.4, 0.5) is 11.6 Å². The molecule has 2 aromatic heterocycles. The predicted octanol–water partition coefficient (Wildman–Crippen LogP) is 3.97. The van der Waals surface area contributed by atoms with Crippen LogP contribution in [0.25, 0.3) is 0 Å². The SMILES string of the molecule is N#Cc1nc(Sc2ccnc(N)c2Cl)cnc1N1CCC2(CC1)Cc1ccccc1C2N. The van der Waals surface area contributed by atoms with Crippen LogP contribution in [0, 0.1) is 16.7 Å². The molecule has 0 radical (unpaired) electrons. The summed E-state index contributed by atoms with van der Waals surface area (Å²) < 4.78 is 0. The molecule has 1 unspecified atom stereocenters. The quantitative estimate of drug-likeness (QED) is 0.598. The normalized spacial score (nSPS) is 19.0. The molecule has 1 fully saturated rings. The van der Waals surface area contributed by atoms with Crippen molar-refractivity contribution in [1.29, 1.82) is 5.26 Å². The third kappa shape index (κ3) is 3.56. The highest BCUT2D eigenvalue weighted by molar-refractivity contribution is 7.99. The molecule has 162 valence electrons. The lowest BCUT2D eigenvalue weighted by Crippen LogP contribution is -2.44. The summed E-state index contributed by atoms with van der Waals surface area (Å²) in [5, 5.41) is 10.7.